The summed E-state index contributed by atoms with van der Waals surface area (Å²) in [5, 5.41) is 4.47. The van der Waals surface area contributed by atoms with Crippen molar-refractivity contribution in [2.24, 2.45) is 0 Å². The van der Waals surface area contributed by atoms with Gasteiger partial charge >= 0.3 is 0 Å². The van der Waals surface area contributed by atoms with Crippen LogP contribution in [0.15, 0.2) is 60.9 Å². The van der Waals surface area contributed by atoms with Gasteiger partial charge in [0.2, 0.25) is 0 Å². The quantitative estimate of drug-likeness (QED) is 0.711. The summed E-state index contributed by atoms with van der Waals surface area (Å²) in [6.45, 7) is 1.72. The van der Waals surface area contributed by atoms with Crippen molar-refractivity contribution < 1.29 is 8.95 Å². The fourth-order valence-corrected chi connectivity index (χ4v) is 4.16. The first-order valence-corrected chi connectivity index (χ1v) is 10.1. The van der Waals surface area contributed by atoms with E-state index in [2.05, 4.69) is 34.3 Å². The smallest absolute Gasteiger partial charge is 0.119 e. The molecule has 4 rings (SSSR count). The molecule has 0 atom stereocenters. The van der Waals surface area contributed by atoms with E-state index < -0.39 is 10.8 Å². The summed E-state index contributed by atoms with van der Waals surface area (Å²) >= 11 is 0. The van der Waals surface area contributed by atoms with Crippen LogP contribution in [0.1, 0.15) is 0 Å². The van der Waals surface area contributed by atoms with E-state index in [0.717, 1.165) is 47.2 Å². The number of benzene rings is 2. The first-order valence-electron chi connectivity index (χ1n) is 8.62. The summed E-state index contributed by atoms with van der Waals surface area (Å²) in [5.41, 5.74) is 4.39. The van der Waals surface area contributed by atoms with Crippen LogP contribution >= 0.6 is 0 Å². The zero-order valence-corrected chi connectivity index (χ0v) is 15.5. The maximum absolute atomic E-state index is 11.5. The summed E-state index contributed by atoms with van der Waals surface area (Å²) < 4.78 is 18.6. The van der Waals surface area contributed by atoms with Gasteiger partial charge in [-0.3, -0.25) is 4.21 Å². The maximum Gasteiger partial charge on any atom is 0.119 e. The average Bonchev–Trinajstić information content (AvgIpc) is 3.19. The van der Waals surface area contributed by atoms with Crippen LogP contribution < -0.4 is 9.64 Å². The van der Waals surface area contributed by atoms with Crippen LogP contribution in [0.25, 0.3) is 16.8 Å². The third-order valence-corrected chi connectivity index (χ3v) is 5.94. The average molecular weight is 367 g/mol. The molecule has 0 bridgehead atoms. The molecule has 1 aliphatic rings. The largest absolute Gasteiger partial charge is 0.497 e. The number of hydrogen-bond acceptors (Lipinski definition) is 4. The molecule has 2 aromatic carbocycles. The van der Waals surface area contributed by atoms with Gasteiger partial charge in [-0.2, -0.15) is 5.10 Å². The zero-order chi connectivity index (χ0) is 17.9. The second-order valence-electron chi connectivity index (χ2n) is 6.25. The number of methoxy groups -OCH3 is 1. The Hall–Kier alpha value is -2.60. The molecule has 26 heavy (non-hydrogen) atoms. The monoisotopic (exact) mass is 367 g/mol. The number of nitrogens with zero attached hydrogens (tertiary/aromatic N) is 3. The van der Waals surface area contributed by atoms with Crippen molar-refractivity contribution in [1.82, 2.24) is 9.78 Å². The van der Waals surface area contributed by atoms with E-state index in [-0.39, 0.29) is 0 Å². The van der Waals surface area contributed by atoms with Crippen molar-refractivity contribution in [2.45, 2.75) is 0 Å². The Morgan fingerprint density at radius 3 is 2.23 bits per heavy atom. The normalized spacial score (nSPS) is 15.2. The summed E-state index contributed by atoms with van der Waals surface area (Å²) in [6, 6.07) is 16.3. The second-order valence-corrected chi connectivity index (χ2v) is 7.95. The summed E-state index contributed by atoms with van der Waals surface area (Å²) in [6.07, 6.45) is 3.91. The molecule has 0 aliphatic carbocycles. The molecule has 5 nitrogen and oxygen atoms in total. The standard InChI is InChI=1S/C20H21N3O2S/c1-25-20-8-6-19(7-9-20)23-15-17(14-21-23)16-2-4-18(5-3-16)22-10-12-26(24)13-11-22/h2-9,14-15H,10-13H2,1H3. The highest BCUT2D eigenvalue weighted by Crippen LogP contribution is 2.25. The number of aromatic nitrogens is 2. The Morgan fingerprint density at radius 2 is 1.58 bits per heavy atom. The van der Waals surface area contributed by atoms with Crippen LogP contribution in [0.5, 0.6) is 5.75 Å². The maximum atomic E-state index is 11.5. The lowest BCUT2D eigenvalue weighted by Gasteiger charge is -2.28. The van der Waals surface area contributed by atoms with Gasteiger partial charge in [-0.05, 0) is 42.0 Å². The topological polar surface area (TPSA) is 47.4 Å². The Bertz CT molecular complexity index is 894. The summed E-state index contributed by atoms with van der Waals surface area (Å²) in [5.74, 6) is 2.35. The van der Waals surface area contributed by atoms with E-state index in [9.17, 15) is 4.21 Å². The van der Waals surface area contributed by atoms with Gasteiger partial charge in [-0.1, -0.05) is 12.1 Å². The molecule has 1 aromatic heterocycles. The summed E-state index contributed by atoms with van der Waals surface area (Å²) in [4.78, 5) is 2.30. The third-order valence-electron chi connectivity index (χ3n) is 4.66. The number of rotatable bonds is 4. The molecule has 0 N–H and O–H groups in total. The van der Waals surface area contributed by atoms with E-state index in [1.165, 1.54) is 5.69 Å². The molecular formula is C20H21N3O2S. The van der Waals surface area contributed by atoms with E-state index in [1.807, 2.05) is 41.3 Å². The van der Waals surface area contributed by atoms with Crippen LogP contribution in [0.2, 0.25) is 0 Å². The molecule has 1 fully saturated rings. The van der Waals surface area contributed by atoms with Gasteiger partial charge in [0.25, 0.3) is 0 Å². The molecule has 3 aromatic rings. The minimum absolute atomic E-state index is 0.647. The molecule has 1 saturated heterocycles. The number of hydrogen-bond donors (Lipinski definition) is 0. The van der Waals surface area contributed by atoms with Crippen molar-refractivity contribution >= 4 is 16.5 Å². The van der Waals surface area contributed by atoms with E-state index >= 15 is 0 Å². The van der Waals surface area contributed by atoms with Crippen molar-refractivity contribution in [1.29, 1.82) is 0 Å². The van der Waals surface area contributed by atoms with Gasteiger partial charge in [-0.25, -0.2) is 4.68 Å². The van der Waals surface area contributed by atoms with Crippen LogP contribution in [0.4, 0.5) is 5.69 Å². The Balaban J connectivity index is 1.51. The molecule has 0 unspecified atom stereocenters. The lowest BCUT2D eigenvalue weighted by molar-refractivity contribution is 0.414. The Labute approximate surface area is 155 Å². The van der Waals surface area contributed by atoms with Crippen molar-refractivity contribution in [2.75, 3.05) is 36.6 Å². The van der Waals surface area contributed by atoms with Crippen LogP contribution in [0.3, 0.4) is 0 Å². The van der Waals surface area contributed by atoms with E-state index in [1.54, 1.807) is 7.11 Å². The fraction of sp³-hybridized carbons (Fsp3) is 0.250. The SMILES string of the molecule is COc1ccc(-n2cc(-c3ccc(N4CCS(=O)CC4)cc3)cn2)cc1. The fourth-order valence-electron chi connectivity index (χ4n) is 3.11. The number of anilines is 1. The van der Waals surface area contributed by atoms with Gasteiger partial charge in [-0.15, -0.1) is 0 Å². The van der Waals surface area contributed by atoms with E-state index in [0.29, 0.717) is 0 Å². The first-order chi connectivity index (χ1) is 12.7. The Morgan fingerprint density at radius 1 is 0.923 bits per heavy atom. The highest BCUT2D eigenvalue weighted by molar-refractivity contribution is 7.85. The second kappa shape index (κ2) is 7.33. The molecule has 0 amide bonds. The molecule has 2 heterocycles. The summed E-state index contributed by atoms with van der Waals surface area (Å²) in [7, 11) is 1.01. The van der Waals surface area contributed by atoms with Gasteiger partial charge in [0, 0.05) is 52.8 Å². The Kier molecular flexibility index (Phi) is 4.75. The predicted molar refractivity (Wildman–Crippen MR) is 106 cm³/mol. The minimum atomic E-state index is -0.647. The van der Waals surface area contributed by atoms with Gasteiger partial charge in [0.05, 0.1) is 19.0 Å². The van der Waals surface area contributed by atoms with Crippen LogP contribution in [0, 0.1) is 0 Å². The predicted octanol–water partition coefficient (Wildman–Crippen LogP) is 3.12. The lowest BCUT2D eigenvalue weighted by atomic mass is 10.1. The third kappa shape index (κ3) is 3.51. The highest BCUT2D eigenvalue weighted by atomic mass is 32.2. The molecule has 6 heteroatoms. The van der Waals surface area contributed by atoms with E-state index in [4.69, 9.17) is 4.74 Å². The van der Waals surface area contributed by atoms with Crippen molar-refractivity contribution in [3.8, 4) is 22.6 Å². The lowest BCUT2D eigenvalue weighted by Crippen LogP contribution is -2.37. The molecule has 0 radical (unpaired) electrons. The molecule has 0 spiro atoms. The molecule has 1 aliphatic heterocycles. The van der Waals surface area contributed by atoms with Gasteiger partial charge in [0.15, 0.2) is 0 Å². The highest BCUT2D eigenvalue weighted by Gasteiger charge is 2.15. The van der Waals surface area contributed by atoms with Gasteiger partial charge < -0.3 is 9.64 Å². The zero-order valence-electron chi connectivity index (χ0n) is 14.7. The van der Waals surface area contributed by atoms with Crippen LogP contribution in [-0.4, -0.2) is 45.7 Å². The van der Waals surface area contributed by atoms with Crippen molar-refractivity contribution in [3.63, 3.8) is 0 Å². The number of ether oxygens (including phenoxy) is 1. The minimum Gasteiger partial charge on any atom is -0.497 e. The van der Waals surface area contributed by atoms with Crippen LogP contribution in [-0.2, 0) is 10.8 Å². The molecule has 134 valence electrons. The molecular weight excluding hydrogens is 346 g/mol. The first kappa shape index (κ1) is 16.8. The van der Waals surface area contributed by atoms with Crippen molar-refractivity contribution in [3.05, 3.63) is 60.9 Å². The molecule has 0 saturated carbocycles. The van der Waals surface area contributed by atoms with Gasteiger partial charge in [0.1, 0.15) is 5.75 Å².